The van der Waals surface area contributed by atoms with E-state index in [0.717, 1.165) is 23.1 Å². The minimum Gasteiger partial charge on any atom is -0.313 e. The normalized spacial score (nSPS) is 34.2. The highest BCUT2D eigenvalue weighted by Gasteiger charge is 2.28. The van der Waals surface area contributed by atoms with Gasteiger partial charge in [0.25, 0.3) is 0 Å². The lowest BCUT2D eigenvalue weighted by Gasteiger charge is -2.35. The van der Waals surface area contributed by atoms with E-state index < -0.39 is 0 Å². The first-order valence-corrected chi connectivity index (χ1v) is 8.60. The average molecular weight is 275 g/mol. The zero-order valence-corrected chi connectivity index (χ0v) is 12.9. The topological polar surface area (TPSA) is 12.0 Å². The summed E-state index contributed by atoms with van der Waals surface area (Å²) < 4.78 is 0. The first-order valence-electron chi connectivity index (χ1n) is 7.72. The maximum absolute atomic E-state index is 3.86. The molecule has 19 heavy (non-hydrogen) atoms. The molecule has 1 aromatic carbocycles. The molecule has 2 heteroatoms. The molecular formula is C17H25NS. The van der Waals surface area contributed by atoms with Crippen molar-refractivity contribution in [3.63, 3.8) is 0 Å². The van der Waals surface area contributed by atoms with Crippen molar-refractivity contribution in [3.05, 3.63) is 29.8 Å². The molecule has 0 saturated heterocycles. The minimum absolute atomic E-state index is 0.738. The highest BCUT2D eigenvalue weighted by atomic mass is 32.2. The molecule has 2 aliphatic rings. The molecule has 0 aromatic heterocycles. The summed E-state index contributed by atoms with van der Waals surface area (Å²) in [7, 11) is 0. The van der Waals surface area contributed by atoms with E-state index in [1.165, 1.54) is 37.1 Å². The summed E-state index contributed by atoms with van der Waals surface area (Å²) in [5, 5.41) is 4.60. The maximum Gasteiger partial charge on any atom is 0.0260 e. The van der Waals surface area contributed by atoms with Gasteiger partial charge in [0.15, 0.2) is 0 Å². The average Bonchev–Trinajstić information content (AvgIpc) is 2.83. The third-order valence-corrected chi connectivity index (χ3v) is 6.35. The first kappa shape index (κ1) is 13.5. The van der Waals surface area contributed by atoms with Crippen LogP contribution >= 0.6 is 11.8 Å². The molecule has 1 saturated carbocycles. The van der Waals surface area contributed by atoms with Gasteiger partial charge in [0.2, 0.25) is 0 Å². The largest absolute Gasteiger partial charge is 0.313 e. The zero-order chi connectivity index (χ0) is 13.2. The number of fused-ring (bicyclic) bond motifs is 1. The van der Waals surface area contributed by atoms with Gasteiger partial charge in [-0.3, -0.25) is 0 Å². The molecule has 4 unspecified atom stereocenters. The predicted molar refractivity (Wildman–Crippen MR) is 83.8 cm³/mol. The molecular weight excluding hydrogens is 250 g/mol. The Kier molecular flexibility index (Phi) is 4.18. The van der Waals surface area contributed by atoms with Gasteiger partial charge >= 0.3 is 0 Å². The summed E-state index contributed by atoms with van der Waals surface area (Å²) in [4.78, 5) is 1.50. The highest BCUT2D eigenvalue weighted by molar-refractivity contribution is 8.00. The second-order valence-corrected chi connectivity index (χ2v) is 7.68. The number of rotatable bonds is 3. The lowest BCUT2D eigenvalue weighted by Crippen LogP contribution is -2.43. The molecule has 1 aliphatic heterocycles. The molecule has 1 nitrogen and oxygen atoms in total. The Bertz CT molecular complexity index is 406. The van der Waals surface area contributed by atoms with Crippen LogP contribution in [0.3, 0.4) is 0 Å². The number of hydrogen-bond acceptors (Lipinski definition) is 2. The molecule has 104 valence electrons. The fourth-order valence-corrected chi connectivity index (χ4v) is 4.78. The quantitative estimate of drug-likeness (QED) is 0.890. The smallest absolute Gasteiger partial charge is 0.0260 e. The van der Waals surface area contributed by atoms with Crippen molar-refractivity contribution >= 4 is 11.8 Å². The second-order valence-electron chi connectivity index (χ2n) is 6.33. The number of thioether (sulfide) groups is 1. The fraction of sp³-hybridized carbons (Fsp3) is 0.647. The summed E-state index contributed by atoms with van der Waals surface area (Å²) in [5.74, 6) is 1.72. The van der Waals surface area contributed by atoms with Crippen molar-refractivity contribution < 1.29 is 0 Å². The van der Waals surface area contributed by atoms with E-state index in [1.807, 2.05) is 0 Å². The van der Waals surface area contributed by atoms with Crippen LogP contribution in [0, 0.1) is 11.8 Å². The predicted octanol–water partition coefficient (Wildman–Crippen LogP) is 4.12. The fourth-order valence-electron chi connectivity index (χ4n) is 3.52. The molecule has 0 radical (unpaired) electrons. The SMILES string of the molecule is CC1CCCC(NCC2Cc3ccccc3S2)C1C. The molecule has 1 aromatic rings. The Hall–Kier alpha value is -0.470. The van der Waals surface area contributed by atoms with Crippen LogP contribution in [-0.4, -0.2) is 17.8 Å². The van der Waals surface area contributed by atoms with Crippen LogP contribution in [0.5, 0.6) is 0 Å². The first-order chi connectivity index (χ1) is 9.24. The molecule has 0 amide bonds. The van der Waals surface area contributed by atoms with Crippen LogP contribution < -0.4 is 5.32 Å². The van der Waals surface area contributed by atoms with Gasteiger partial charge in [0.1, 0.15) is 0 Å². The van der Waals surface area contributed by atoms with E-state index in [0.29, 0.717) is 0 Å². The highest BCUT2D eigenvalue weighted by Crippen LogP contribution is 2.37. The lowest BCUT2D eigenvalue weighted by molar-refractivity contribution is 0.207. The lowest BCUT2D eigenvalue weighted by atomic mass is 9.78. The summed E-state index contributed by atoms with van der Waals surface area (Å²) >= 11 is 2.06. The van der Waals surface area contributed by atoms with Gasteiger partial charge < -0.3 is 5.32 Å². The third-order valence-electron chi connectivity index (χ3n) is 5.03. The summed E-state index contributed by atoms with van der Waals surface area (Å²) in [6.07, 6.45) is 5.44. The van der Waals surface area contributed by atoms with E-state index >= 15 is 0 Å². The Morgan fingerprint density at radius 2 is 2.05 bits per heavy atom. The standard InChI is InChI=1S/C17H25NS/c1-12-6-5-8-16(13(12)2)18-11-15-10-14-7-3-4-9-17(14)19-15/h3-4,7,9,12-13,15-16,18H,5-6,8,10-11H2,1-2H3. The van der Waals surface area contributed by atoms with Crippen molar-refractivity contribution in [2.45, 2.75) is 55.7 Å². The van der Waals surface area contributed by atoms with Crippen molar-refractivity contribution in [1.82, 2.24) is 5.32 Å². The third kappa shape index (κ3) is 3.00. The molecule has 1 heterocycles. The van der Waals surface area contributed by atoms with Crippen LogP contribution in [-0.2, 0) is 6.42 Å². The van der Waals surface area contributed by atoms with Gasteiger partial charge in [0.05, 0.1) is 0 Å². The van der Waals surface area contributed by atoms with Gasteiger partial charge in [0, 0.05) is 22.7 Å². The molecule has 3 rings (SSSR count). The molecule has 1 aliphatic carbocycles. The molecule has 1 fully saturated rings. The van der Waals surface area contributed by atoms with Crippen molar-refractivity contribution in [2.24, 2.45) is 11.8 Å². The van der Waals surface area contributed by atoms with E-state index in [2.05, 4.69) is 55.2 Å². The number of hydrogen-bond donors (Lipinski definition) is 1. The van der Waals surface area contributed by atoms with Crippen molar-refractivity contribution in [1.29, 1.82) is 0 Å². The van der Waals surface area contributed by atoms with Gasteiger partial charge in [-0.2, -0.15) is 0 Å². The van der Waals surface area contributed by atoms with Gasteiger partial charge in [-0.15, -0.1) is 11.8 Å². The number of nitrogens with one attached hydrogen (secondary N) is 1. The maximum atomic E-state index is 3.86. The Morgan fingerprint density at radius 1 is 1.21 bits per heavy atom. The molecule has 0 bridgehead atoms. The monoisotopic (exact) mass is 275 g/mol. The molecule has 1 N–H and O–H groups in total. The Labute approximate surface area is 121 Å². The second kappa shape index (κ2) is 5.88. The van der Waals surface area contributed by atoms with E-state index in [9.17, 15) is 0 Å². The number of benzene rings is 1. The van der Waals surface area contributed by atoms with Crippen molar-refractivity contribution in [2.75, 3.05) is 6.54 Å². The van der Waals surface area contributed by atoms with Crippen LogP contribution in [0.2, 0.25) is 0 Å². The van der Waals surface area contributed by atoms with E-state index in [-0.39, 0.29) is 0 Å². The van der Waals surface area contributed by atoms with E-state index in [1.54, 1.807) is 5.56 Å². The Balaban J connectivity index is 1.51. The zero-order valence-electron chi connectivity index (χ0n) is 12.1. The van der Waals surface area contributed by atoms with Crippen LogP contribution in [0.25, 0.3) is 0 Å². The molecule has 0 spiro atoms. The summed E-state index contributed by atoms with van der Waals surface area (Å²) in [6.45, 7) is 6.01. The van der Waals surface area contributed by atoms with Crippen LogP contribution in [0.4, 0.5) is 0 Å². The van der Waals surface area contributed by atoms with Gasteiger partial charge in [-0.1, -0.05) is 44.9 Å². The Morgan fingerprint density at radius 3 is 2.89 bits per heavy atom. The van der Waals surface area contributed by atoms with Crippen molar-refractivity contribution in [3.8, 4) is 0 Å². The minimum atomic E-state index is 0.738. The summed E-state index contributed by atoms with van der Waals surface area (Å²) in [5.41, 5.74) is 1.55. The van der Waals surface area contributed by atoms with Crippen LogP contribution in [0.15, 0.2) is 29.2 Å². The van der Waals surface area contributed by atoms with Gasteiger partial charge in [-0.25, -0.2) is 0 Å². The summed E-state index contributed by atoms with van der Waals surface area (Å²) in [6, 6.07) is 9.62. The van der Waals surface area contributed by atoms with E-state index in [4.69, 9.17) is 0 Å². The van der Waals surface area contributed by atoms with Gasteiger partial charge in [-0.05, 0) is 36.3 Å². The van der Waals surface area contributed by atoms with Crippen LogP contribution in [0.1, 0.15) is 38.7 Å². The molecule has 4 atom stereocenters.